The quantitative estimate of drug-likeness (QED) is 0.306. The van der Waals surface area contributed by atoms with Crippen molar-refractivity contribution in [3.8, 4) is 0 Å². The summed E-state index contributed by atoms with van der Waals surface area (Å²) in [5.41, 5.74) is 0. The van der Waals surface area contributed by atoms with Gasteiger partial charge in [0.25, 0.3) is 8.32 Å². The molecule has 0 aliphatic rings. The van der Waals surface area contributed by atoms with E-state index >= 15 is 0 Å². The predicted molar refractivity (Wildman–Crippen MR) is 133 cm³/mol. The Hall–Kier alpha value is -1.91. The maximum absolute atomic E-state index is 10.8. The highest BCUT2D eigenvalue weighted by atomic mass is 28.4. The molecule has 31 heavy (non-hydrogen) atoms. The van der Waals surface area contributed by atoms with Gasteiger partial charge in [-0.3, -0.25) is 4.79 Å². The van der Waals surface area contributed by atoms with E-state index in [0.29, 0.717) is 0 Å². The first-order valence-electron chi connectivity index (χ1n) is 11.7. The molecule has 0 unspecified atom stereocenters. The van der Waals surface area contributed by atoms with E-state index in [1.165, 1.54) is 23.2 Å². The molecule has 0 heterocycles. The number of hydrogen-bond acceptors (Lipinski definition) is 2. The second-order valence-electron chi connectivity index (χ2n) is 9.77. The van der Waals surface area contributed by atoms with Gasteiger partial charge < -0.3 is 9.53 Å². The summed E-state index contributed by atoms with van der Waals surface area (Å²) in [7, 11) is -2.41. The van der Waals surface area contributed by atoms with Crippen LogP contribution in [0.4, 0.5) is 0 Å². The molecular weight excluding hydrogens is 400 g/mol. The number of hydrogen-bond donors (Lipinski definition) is 1. The Morgan fingerprint density at radius 1 is 0.871 bits per heavy atom. The lowest BCUT2D eigenvalue weighted by Gasteiger charge is -2.43. The van der Waals surface area contributed by atoms with Crippen molar-refractivity contribution in [1.29, 1.82) is 0 Å². The van der Waals surface area contributed by atoms with Crippen molar-refractivity contribution >= 4 is 24.7 Å². The molecule has 0 amide bonds. The van der Waals surface area contributed by atoms with E-state index in [0.717, 1.165) is 32.3 Å². The molecule has 0 radical (unpaired) electrons. The molecule has 0 saturated heterocycles. The summed E-state index contributed by atoms with van der Waals surface area (Å²) in [6.45, 7) is 9.76. The SMILES string of the molecule is C[C@@H](CCCCCCCO[Si](c1ccccc1)(c1ccccc1)C(C)(C)C)CC(=O)O. The van der Waals surface area contributed by atoms with Crippen LogP contribution < -0.4 is 10.4 Å². The molecule has 2 rings (SSSR count). The fourth-order valence-corrected chi connectivity index (χ4v) is 9.12. The van der Waals surface area contributed by atoms with Crippen LogP contribution in [0.25, 0.3) is 0 Å². The standard InChI is InChI=1S/C27H40O3Si/c1-23(22-26(28)29)16-10-6-5-7-15-21-30-31(27(2,3)4,24-17-11-8-12-18-24)25-19-13-9-14-20-25/h8-9,11-14,17-20,23H,5-7,10,15-16,21-22H2,1-4H3,(H,28,29)/t23-/m0/s1. The van der Waals surface area contributed by atoms with E-state index in [9.17, 15) is 4.79 Å². The summed E-state index contributed by atoms with van der Waals surface area (Å²) in [4.78, 5) is 10.8. The van der Waals surface area contributed by atoms with Crippen molar-refractivity contribution in [3.05, 3.63) is 60.7 Å². The zero-order valence-corrected chi connectivity index (χ0v) is 20.8. The van der Waals surface area contributed by atoms with E-state index in [1.807, 2.05) is 6.92 Å². The Morgan fingerprint density at radius 3 is 1.84 bits per heavy atom. The maximum atomic E-state index is 10.8. The topological polar surface area (TPSA) is 46.5 Å². The molecule has 0 fully saturated rings. The van der Waals surface area contributed by atoms with Gasteiger partial charge in [0.1, 0.15) is 0 Å². The predicted octanol–water partition coefficient (Wildman–Crippen LogP) is 6.01. The molecule has 4 heteroatoms. The number of rotatable bonds is 13. The van der Waals surface area contributed by atoms with Gasteiger partial charge in [0, 0.05) is 13.0 Å². The second-order valence-corrected chi connectivity index (χ2v) is 14.1. The Labute approximate surface area is 190 Å². The van der Waals surface area contributed by atoms with Crippen molar-refractivity contribution in [1.82, 2.24) is 0 Å². The normalized spacial score (nSPS) is 13.2. The van der Waals surface area contributed by atoms with Crippen molar-refractivity contribution in [2.75, 3.05) is 6.61 Å². The molecule has 2 aromatic rings. The summed E-state index contributed by atoms with van der Waals surface area (Å²) < 4.78 is 6.93. The lowest BCUT2D eigenvalue weighted by atomic mass is 9.99. The van der Waals surface area contributed by atoms with Gasteiger partial charge in [0.15, 0.2) is 0 Å². The van der Waals surface area contributed by atoms with Crippen LogP contribution in [0, 0.1) is 5.92 Å². The maximum Gasteiger partial charge on any atom is 0.303 e. The number of unbranched alkanes of at least 4 members (excludes halogenated alkanes) is 4. The van der Waals surface area contributed by atoms with Gasteiger partial charge in [0.2, 0.25) is 0 Å². The first-order chi connectivity index (χ1) is 14.8. The van der Waals surface area contributed by atoms with Gasteiger partial charge in [-0.15, -0.1) is 0 Å². The van der Waals surface area contributed by atoms with Gasteiger partial charge in [-0.2, -0.15) is 0 Å². The lowest BCUT2D eigenvalue weighted by Crippen LogP contribution is -2.66. The molecule has 1 N–H and O–H groups in total. The highest BCUT2D eigenvalue weighted by Crippen LogP contribution is 2.36. The third-order valence-corrected chi connectivity index (χ3v) is 11.1. The number of carboxylic acids is 1. The number of carboxylic acid groups (broad SMARTS) is 1. The second kappa shape index (κ2) is 12.2. The van der Waals surface area contributed by atoms with Crippen LogP contribution in [0.15, 0.2) is 60.7 Å². The van der Waals surface area contributed by atoms with Crippen LogP contribution in [-0.2, 0) is 9.22 Å². The average molecular weight is 441 g/mol. The fourth-order valence-electron chi connectivity index (χ4n) is 4.51. The van der Waals surface area contributed by atoms with Crippen LogP contribution in [-0.4, -0.2) is 26.0 Å². The zero-order chi connectivity index (χ0) is 22.7. The Morgan fingerprint density at radius 2 is 1.35 bits per heavy atom. The fraction of sp³-hybridized carbons (Fsp3) is 0.519. The van der Waals surface area contributed by atoms with Gasteiger partial charge in [-0.1, -0.05) is 120 Å². The molecule has 170 valence electrons. The molecule has 0 aliphatic heterocycles. The van der Waals surface area contributed by atoms with Crippen LogP contribution in [0.2, 0.25) is 5.04 Å². The van der Waals surface area contributed by atoms with Crippen LogP contribution >= 0.6 is 0 Å². The number of carbonyl (C=O) groups is 1. The molecule has 3 nitrogen and oxygen atoms in total. The number of benzene rings is 2. The van der Waals surface area contributed by atoms with Crippen LogP contribution in [0.3, 0.4) is 0 Å². The van der Waals surface area contributed by atoms with E-state index in [4.69, 9.17) is 9.53 Å². The summed E-state index contributed by atoms with van der Waals surface area (Å²) in [5.74, 6) is -0.413. The number of aliphatic carboxylic acids is 1. The van der Waals surface area contributed by atoms with Crippen molar-refractivity contribution in [3.63, 3.8) is 0 Å². The summed E-state index contributed by atoms with van der Waals surface area (Å²) in [5, 5.41) is 11.6. The van der Waals surface area contributed by atoms with Gasteiger partial charge in [-0.05, 0) is 27.8 Å². The van der Waals surface area contributed by atoms with Crippen molar-refractivity contribution in [2.45, 2.75) is 77.7 Å². The third kappa shape index (κ3) is 7.32. The third-order valence-electron chi connectivity index (χ3n) is 6.10. The smallest absolute Gasteiger partial charge is 0.303 e. The first kappa shape index (κ1) is 25.3. The van der Waals surface area contributed by atoms with Crippen molar-refractivity contribution in [2.24, 2.45) is 5.92 Å². The van der Waals surface area contributed by atoms with Crippen molar-refractivity contribution < 1.29 is 14.3 Å². The Bertz CT molecular complexity index is 729. The van der Waals surface area contributed by atoms with E-state index in [2.05, 4.69) is 81.4 Å². The summed E-state index contributed by atoms with van der Waals surface area (Å²) in [6.07, 6.45) is 6.98. The van der Waals surface area contributed by atoms with E-state index < -0.39 is 14.3 Å². The van der Waals surface area contributed by atoms with Gasteiger partial charge >= 0.3 is 5.97 Å². The highest BCUT2D eigenvalue weighted by Gasteiger charge is 2.49. The summed E-state index contributed by atoms with van der Waals surface area (Å²) >= 11 is 0. The lowest BCUT2D eigenvalue weighted by molar-refractivity contribution is -0.138. The minimum atomic E-state index is -2.41. The van der Waals surface area contributed by atoms with Crippen LogP contribution in [0.5, 0.6) is 0 Å². The molecule has 0 aliphatic carbocycles. The largest absolute Gasteiger partial charge is 0.481 e. The minimum Gasteiger partial charge on any atom is -0.481 e. The Balaban J connectivity index is 1.95. The van der Waals surface area contributed by atoms with Crippen LogP contribution in [0.1, 0.15) is 72.6 Å². The first-order valence-corrected chi connectivity index (χ1v) is 13.6. The van der Waals surface area contributed by atoms with E-state index in [1.54, 1.807) is 0 Å². The molecule has 2 aromatic carbocycles. The summed E-state index contributed by atoms with van der Waals surface area (Å²) in [6, 6.07) is 21.6. The van der Waals surface area contributed by atoms with Gasteiger partial charge in [-0.25, -0.2) is 0 Å². The molecule has 0 saturated carbocycles. The molecule has 0 spiro atoms. The molecule has 0 bridgehead atoms. The molecule has 0 aromatic heterocycles. The molecule has 1 atom stereocenters. The average Bonchev–Trinajstić information content (AvgIpc) is 2.72. The monoisotopic (exact) mass is 440 g/mol. The Kier molecular flexibility index (Phi) is 9.98. The van der Waals surface area contributed by atoms with E-state index in [-0.39, 0.29) is 17.4 Å². The van der Waals surface area contributed by atoms with Gasteiger partial charge in [0.05, 0.1) is 0 Å². The zero-order valence-electron chi connectivity index (χ0n) is 19.8. The minimum absolute atomic E-state index is 0.0238. The molecular formula is C27H40O3Si. The highest BCUT2D eigenvalue weighted by molar-refractivity contribution is 6.99.